The van der Waals surface area contributed by atoms with E-state index >= 15 is 0 Å². The van der Waals surface area contributed by atoms with Crippen LogP contribution in [0.4, 0.5) is 0 Å². The Morgan fingerprint density at radius 3 is 2.32 bits per heavy atom. The van der Waals surface area contributed by atoms with Crippen LogP contribution in [0.5, 0.6) is 0 Å². The molecule has 0 bridgehead atoms. The first-order chi connectivity index (χ1) is 8.64. The maximum absolute atomic E-state index is 11.9. The van der Waals surface area contributed by atoms with E-state index in [0.29, 0.717) is 19.4 Å². The standard InChI is InChI=1S/C12H21NO5S/c1-9(2)6-13-10(14)7-19(17,18)8-12(3-4-12)5-11(15)16/h9H,3-8H2,1-2H3,(H,13,14)(H,15,16). The maximum Gasteiger partial charge on any atom is 0.303 e. The molecular weight excluding hydrogens is 270 g/mol. The van der Waals surface area contributed by atoms with Gasteiger partial charge in [0, 0.05) is 6.54 Å². The minimum absolute atomic E-state index is 0.139. The number of carboxylic acids is 1. The first-order valence-electron chi connectivity index (χ1n) is 6.33. The van der Waals surface area contributed by atoms with E-state index in [0.717, 1.165) is 0 Å². The predicted octanol–water partition coefficient (Wildman–Crippen LogP) is 0.428. The van der Waals surface area contributed by atoms with Crippen molar-refractivity contribution in [1.82, 2.24) is 5.32 Å². The molecule has 0 spiro atoms. The lowest BCUT2D eigenvalue weighted by Gasteiger charge is -2.13. The molecule has 0 unspecified atom stereocenters. The molecule has 0 heterocycles. The number of carbonyl (C=O) groups excluding carboxylic acids is 1. The van der Waals surface area contributed by atoms with Gasteiger partial charge in [0.2, 0.25) is 5.91 Å². The quantitative estimate of drug-likeness (QED) is 0.675. The Morgan fingerprint density at radius 1 is 1.32 bits per heavy atom. The van der Waals surface area contributed by atoms with Gasteiger partial charge in [-0.15, -0.1) is 0 Å². The van der Waals surface area contributed by atoms with Gasteiger partial charge in [0.05, 0.1) is 12.2 Å². The summed E-state index contributed by atoms with van der Waals surface area (Å²) in [7, 11) is -3.54. The molecule has 0 saturated heterocycles. The smallest absolute Gasteiger partial charge is 0.303 e. The minimum Gasteiger partial charge on any atom is -0.481 e. The van der Waals surface area contributed by atoms with Crippen molar-refractivity contribution < 1.29 is 23.1 Å². The molecule has 1 saturated carbocycles. The first-order valence-corrected chi connectivity index (χ1v) is 8.15. The number of amides is 1. The topological polar surface area (TPSA) is 101 Å². The van der Waals surface area contributed by atoms with E-state index in [4.69, 9.17) is 5.11 Å². The van der Waals surface area contributed by atoms with E-state index in [1.807, 2.05) is 13.8 Å². The van der Waals surface area contributed by atoms with Crippen molar-refractivity contribution in [1.29, 1.82) is 0 Å². The summed E-state index contributed by atoms with van der Waals surface area (Å²) in [4.78, 5) is 22.2. The van der Waals surface area contributed by atoms with E-state index in [-0.39, 0.29) is 18.1 Å². The highest BCUT2D eigenvalue weighted by molar-refractivity contribution is 7.92. The summed E-state index contributed by atoms with van der Waals surface area (Å²) < 4.78 is 23.7. The van der Waals surface area contributed by atoms with Crippen molar-refractivity contribution in [3.05, 3.63) is 0 Å². The van der Waals surface area contributed by atoms with Gasteiger partial charge >= 0.3 is 5.97 Å². The third kappa shape index (κ3) is 6.04. The lowest BCUT2D eigenvalue weighted by Crippen LogP contribution is -2.35. The van der Waals surface area contributed by atoms with Crippen LogP contribution in [0.1, 0.15) is 33.1 Å². The summed E-state index contributed by atoms with van der Waals surface area (Å²) in [6, 6.07) is 0. The van der Waals surface area contributed by atoms with Crippen molar-refractivity contribution in [2.75, 3.05) is 18.1 Å². The fourth-order valence-corrected chi connectivity index (χ4v) is 3.88. The highest BCUT2D eigenvalue weighted by atomic mass is 32.2. The Balaban J connectivity index is 2.48. The number of aliphatic carboxylic acids is 1. The minimum atomic E-state index is -3.54. The fourth-order valence-electron chi connectivity index (χ4n) is 1.96. The Bertz CT molecular complexity index is 451. The van der Waals surface area contributed by atoms with Crippen LogP contribution in [0, 0.1) is 11.3 Å². The number of carboxylic acid groups (broad SMARTS) is 1. The molecule has 0 aromatic carbocycles. The van der Waals surface area contributed by atoms with Gasteiger partial charge in [-0.1, -0.05) is 13.8 Å². The number of nitrogens with one attached hydrogen (secondary N) is 1. The second-order valence-electron chi connectivity index (χ2n) is 5.80. The number of rotatable bonds is 8. The van der Waals surface area contributed by atoms with E-state index in [1.165, 1.54) is 0 Å². The van der Waals surface area contributed by atoms with Gasteiger partial charge in [-0.05, 0) is 24.2 Å². The second kappa shape index (κ2) is 5.90. The van der Waals surface area contributed by atoms with Gasteiger partial charge in [-0.25, -0.2) is 8.42 Å². The van der Waals surface area contributed by atoms with E-state index in [1.54, 1.807) is 0 Å². The Morgan fingerprint density at radius 2 is 1.89 bits per heavy atom. The average molecular weight is 291 g/mol. The van der Waals surface area contributed by atoms with Crippen LogP contribution in [-0.4, -0.2) is 43.5 Å². The van der Waals surface area contributed by atoms with Crippen molar-refractivity contribution in [3.8, 4) is 0 Å². The number of hydrogen-bond donors (Lipinski definition) is 2. The molecule has 0 aliphatic heterocycles. The highest BCUT2D eigenvalue weighted by Gasteiger charge is 2.47. The van der Waals surface area contributed by atoms with E-state index in [2.05, 4.69) is 5.32 Å². The normalized spacial score (nSPS) is 17.2. The Kier molecular flexibility index (Phi) is 4.95. The van der Waals surface area contributed by atoms with Crippen molar-refractivity contribution in [2.24, 2.45) is 11.3 Å². The predicted molar refractivity (Wildman–Crippen MR) is 70.4 cm³/mol. The number of carbonyl (C=O) groups is 2. The lowest BCUT2D eigenvalue weighted by atomic mass is 10.1. The van der Waals surface area contributed by atoms with E-state index in [9.17, 15) is 18.0 Å². The SMILES string of the molecule is CC(C)CNC(=O)CS(=O)(=O)CC1(CC(=O)O)CC1. The molecule has 1 fully saturated rings. The molecule has 110 valence electrons. The summed E-state index contributed by atoms with van der Waals surface area (Å²) in [6.45, 7) is 4.27. The van der Waals surface area contributed by atoms with Crippen LogP contribution < -0.4 is 5.32 Å². The molecule has 0 aromatic rings. The fraction of sp³-hybridized carbons (Fsp3) is 0.833. The molecule has 7 heteroatoms. The zero-order valence-electron chi connectivity index (χ0n) is 11.3. The molecule has 6 nitrogen and oxygen atoms in total. The molecule has 1 aliphatic rings. The third-order valence-electron chi connectivity index (χ3n) is 3.07. The first kappa shape index (κ1) is 15.9. The average Bonchev–Trinajstić information content (AvgIpc) is 2.91. The molecule has 19 heavy (non-hydrogen) atoms. The number of hydrogen-bond acceptors (Lipinski definition) is 4. The molecule has 0 radical (unpaired) electrons. The van der Waals surface area contributed by atoms with Crippen LogP contribution in [0.25, 0.3) is 0 Å². The van der Waals surface area contributed by atoms with Crippen LogP contribution in [0.3, 0.4) is 0 Å². The van der Waals surface area contributed by atoms with Gasteiger partial charge in [0.25, 0.3) is 0 Å². The molecule has 1 aliphatic carbocycles. The molecule has 0 atom stereocenters. The highest BCUT2D eigenvalue weighted by Crippen LogP contribution is 2.49. The third-order valence-corrected chi connectivity index (χ3v) is 4.82. The second-order valence-corrected chi connectivity index (χ2v) is 7.87. The molecule has 1 rings (SSSR count). The van der Waals surface area contributed by atoms with Crippen LogP contribution >= 0.6 is 0 Å². The largest absolute Gasteiger partial charge is 0.481 e. The Labute approximate surface area is 113 Å². The lowest BCUT2D eigenvalue weighted by molar-refractivity contribution is -0.138. The van der Waals surface area contributed by atoms with Crippen molar-refractivity contribution in [2.45, 2.75) is 33.1 Å². The van der Waals surface area contributed by atoms with Gasteiger partial charge < -0.3 is 10.4 Å². The Hall–Kier alpha value is -1.11. The molecule has 2 N–H and O–H groups in total. The van der Waals surface area contributed by atoms with Gasteiger partial charge in [0.1, 0.15) is 5.75 Å². The number of sulfone groups is 1. The summed E-state index contributed by atoms with van der Waals surface area (Å²) >= 11 is 0. The van der Waals surface area contributed by atoms with Crippen LogP contribution in [0.2, 0.25) is 0 Å². The van der Waals surface area contributed by atoms with Gasteiger partial charge in [-0.2, -0.15) is 0 Å². The van der Waals surface area contributed by atoms with E-state index < -0.39 is 32.9 Å². The zero-order valence-corrected chi connectivity index (χ0v) is 12.1. The van der Waals surface area contributed by atoms with Crippen LogP contribution in [-0.2, 0) is 19.4 Å². The summed E-state index contributed by atoms with van der Waals surface area (Å²) in [5, 5.41) is 11.3. The molecule has 0 aromatic heterocycles. The van der Waals surface area contributed by atoms with Gasteiger partial charge in [0.15, 0.2) is 9.84 Å². The maximum atomic E-state index is 11.9. The molecular formula is C12H21NO5S. The summed E-state index contributed by atoms with van der Waals surface area (Å²) in [5.74, 6) is -2.01. The summed E-state index contributed by atoms with van der Waals surface area (Å²) in [6.07, 6.45) is 1.07. The van der Waals surface area contributed by atoms with Crippen molar-refractivity contribution in [3.63, 3.8) is 0 Å². The zero-order chi connectivity index (χ0) is 14.7. The molecule has 1 amide bonds. The van der Waals surface area contributed by atoms with Crippen LogP contribution in [0.15, 0.2) is 0 Å². The van der Waals surface area contributed by atoms with Gasteiger partial charge in [-0.3, -0.25) is 9.59 Å². The monoisotopic (exact) mass is 291 g/mol. The van der Waals surface area contributed by atoms with Crippen molar-refractivity contribution >= 4 is 21.7 Å². The summed E-state index contributed by atoms with van der Waals surface area (Å²) in [5.41, 5.74) is -0.636.